The number of hydroxylamine groups is 1. The normalized spacial score (nSPS) is 24.4. The molecule has 0 unspecified atom stereocenters. The van der Waals surface area contributed by atoms with Crippen molar-refractivity contribution in [1.82, 2.24) is 0 Å². The second-order valence-electron chi connectivity index (χ2n) is 7.81. The van der Waals surface area contributed by atoms with Crippen molar-refractivity contribution in [3.8, 4) is 0 Å². The van der Waals surface area contributed by atoms with Gasteiger partial charge in [-0.1, -0.05) is 49.7 Å². The van der Waals surface area contributed by atoms with Crippen LogP contribution >= 0.6 is 11.6 Å². The molecule has 0 bridgehead atoms. The molecule has 2 fully saturated rings. The first-order valence-corrected chi connectivity index (χ1v) is 9.92. The number of halogens is 1. The molecular weight excluding hydrogens is 376 g/mol. The molecule has 2 saturated heterocycles. The fraction of sp³-hybridized carbons (Fsp3) is 0.364. The minimum Gasteiger partial charge on any atom is -0.273 e. The molecule has 5 nitrogen and oxygen atoms in total. The maximum atomic E-state index is 13.4. The molecule has 146 valence electrons. The lowest BCUT2D eigenvalue weighted by Gasteiger charge is -2.29. The van der Waals surface area contributed by atoms with Gasteiger partial charge in [0.25, 0.3) is 5.91 Å². The Morgan fingerprint density at radius 1 is 1.04 bits per heavy atom. The molecule has 2 aromatic carbocycles. The summed E-state index contributed by atoms with van der Waals surface area (Å²) in [6.45, 7) is 6.03. The average Bonchev–Trinajstić information content (AvgIpc) is 3.15. The third kappa shape index (κ3) is 2.99. The number of hydrogen-bond donors (Lipinski definition) is 0. The first-order chi connectivity index (χ1) is 13.4. The van der Waals surface area contributed by atoms with Gasteiger partial charge >= 0.3 is 0 Å². The number of nitrogens with zero attached hydrogens (tertiary/aromatic N) is 2. The predicted octanol–water partition coefficient (Wildman–Crippen LogP) is 4.37. The van der Waals surface area contributed by atoms with Crippen LogP contribution < -0.4 is 9.96 Å². The number of anilines is 2. The molecular formula is C22H23ClN2O3. The summed E-state index contributed by atoms with van der Waals surface area (Å²) < 4.78 is 0. The molecule has 0 radical (unpaired) electrons. The van der Waals surface area contributed by atoms with Crippen LogP contribution in [0.5, 0.6) is 0 Å². The Hall–Kier alpha value is -2.37. The van der Waals surface area contributed by atoms with Gasteiger partial charge in [0.05, 0.1) is 23.3 Å². The number of amides is 2. The molecule has 2 amide bonds. The molecule has 0 aliphatic carbocycles. The van der Waals surface area contributed by atoms with Gasteiger partial charge in [-0.2, -0.15) is 0 Å². The van der Waals surface area contributed by atoms with E-state index in [0.717, 1.165) is 12.1 Å². The molecule has 0 N–H and O–H groups in total. The molecule has 2 aromatic rings. The maximum absolute atomic E-state index is 13.4. The Labute approximate surface area is 169 Å². The number of para-hydroxylation sites is 1. The highest BCUT2D eigenvalue weighted by Crippen LogP contribution is 2.43. The van der Waals surface area contributed by atoms with E-state index in [0.29, 0.717) is 22.2 Å². The zero-order chi connectivity index (χ0) is 20.0. The van der Waals surface area contributed by atoms with E-state index in [1.807, 2.05) is 37.3 Å². The summed E-state index contributed by atoms with van der Waals surface area (Å²) in [5.41, 5.74) is 2.11. The van der Waals surface area contributed by atoms with E-state index >= 15 is 0 Å². The van der Waals surface area contributed by atoms with E-state index in [1.165, 1.54) is 4.90 Å². The van der Waals surface area contributed by atoms with Crippen molar-refractivity contribution in [2.45, 2.75) is 39.3 Å². The maximum Gasteiger partial charge on any atom is 0.266 e. The van der Waals surface area contributed by atoms with Gasteiger partial charge in [0, 0.05) is 5.02 Å². The topological polar surface area (TPSA) is 49.9 Å². The molecule has 2 heterocycles. The second-order valence-corrected chi connectivity index (χ2v) is 8.21. The van der Waals surface area contributed by atoms with E-state index in [-0.39, 0.29) is 17.9 Å². The number of carbonyl (C=O) groups excluding carboxylic acids is 2. The van der Waals surface area contributed by atoms with Crippen molar-refractivity contribution < 1.29 is 14.4 Å². The van der Waals surface area contributed by atoms with E-state index in [9.17, 15) is 9.59 Å². The third-order valence-electron chi connectivity index (χ3n) is 5.44. The minimum absolute atomic E-state index is 0.201. The van der Waals surface area contributed by atoms with Gasteiger partial charge in [0.2, 0.25) is 5.91 Å². The van der Waals surface area contributed by atoms with Gasteiger partial charge in [0.1, 0.15) is 0 Å². The van der Waals surface area contributed by atoms with E-state index in [4.69, 9.17) is 16.4 Å². The van der Waals surface area contributed by atoms with Crippen LogP contribution in [0.25, 0.3) is 0 Å². The Morgan fingerprint density at radius 2 is 1.75 bits per heavy atom. The van der Waals surface area contributed by atoms with Gasteiger partial charge in [-0.05, 0) is 49.1 Å². The SMILES string of the molecule is Cc1c(Cl)cccc1N1C(=O)[C@@H]2[C@@H](ON(c3ccccc3)[C@H]2CC(C)C)C1=O. The number of benzene rings is 2. The van der Waals surface area contributed by atoms with Crippen LogP contribution in [0.1, 0.15) is 25.8 Å². The van der Waals surface area contributed by atoms with Crippen LogP contribution in [0.2, 0.25) is 5.02 Å². The summed E-state index contributed by atoms with van der Waals surface area (Å²) in [6.07, 6.45) is -0.0629. The number of fused-ring (bicyclic) bond motifs is 1. The Morgan fingerprint density at radius 3 is 2.43 bits per heavy atom. The molecule has 2 aliphatic heterocycles. The van der Waals surface area contributed by atoms with Crippen molar-refractivity contribution >= 4 is 34.8 Å². The van der Waals surface area contributed by atoms with Gasteiger partial charge in [-0.3, -0.25) is 14.4 Å². The van der Waals surface area contributed by atoms with Gasteiger partial charge in [0.15, 0.2) is 6.10 Å². The minimum atomic E-state index is -0.810. The lowest BCUT2D eigenvalue weighted by atomic mass is 9.90. The Bertz CT molecular complexity index is 915. The molecule has 4 rings (SSSR count). The molecule has 3 atom stereocenters. The Kier molecular flexibility index (Phi) is 4.89. The summed E-state index contributed by atoms with van der Waals surface area (Å²) in [4.78, 5) is 33.9. The Balaban J connectivity index is 1.72. The standard InChI is InChI=1S/C22H23ClN2O3/c1-13(2)12-18-19-20(28-25(18)15-8-5-4-6-9-15)22(27)24(21(19)26)17-11-7-10-16(23)14(17)3/h4-11,13,18-20H,12H2,1-3H3/t18-,19-,20+/m0/s1. The first kappa shape index (κ1) is 19.0. The summed E-state index contributed by atoms with van der Waals surface area (Å²) >= 11 is 6.22. The quantitative estimate of drug-likeness (QED) is 0.717. The molecule has 0 aromatic heterocycles. The highest BCUT2D eigenvalue weighted by atomic mass is 35.5. The largest absolute Gasteiger partial charge is 0.273 e. The molecule has 28 heavy (non-hydrogen) atoms. The zero-order valence-corrected chi connectivity index (χ0v) is 16.9. The van der Waals surface area contributed by atoms with Crippen molar-refractivity contribution in [2.24, 2.45) is 11.8 Å². The number of rotatable bonds is 4. The van der Waals surface area contributed by atoms with Crippen LogP contribution in [-0.4, -0.2) is 24.0 Å². The van der Waals surface area contributed by atoms with Crippen molar-refractivity contribution in [3.63, 3.8) is 0 Å². The van der Waals surface area contributed by atoms with Crippen LogP contribution in [0.4, 0.5) is 11.4 Å². The van der Waals surface area contributed by atoms with E-state index in [2.05, 4.69) is 13.8 Å². The second kappa shape index (κ2) is 7.22. The van der Waals surface area contributed by atoms with Crippen LogP contribution in [-0.2, 0) is 14.4 Å². The number of hydrogen-bond acceptors (Lipinski definition) is 4. The zero-order valence-electron chi connectivity index (χ0n) is 16.1. The van der Waals surface area contributed by atoms with Gasteiger partial charge in [-0.25, -0.2) is 9.96 Å². The molecule has 2 aliphatic rings. The summed E-state index contributed by atoms with van der Waals surface area (Å²) in [5, 5.41) is 2.29. The molecule has 6 heteroatoms. The third-order valence-corrected chi connectivity index (χ3v) is 5.85. The van der Waals surface area contributed by atoms with Crippen LogP contribution in [0.15, 0.2) is 48.5 Å². The fourth-order valence-electron chi connectivity index (χ4n) is 4.12. The smallest absolute Gasteiger partial charge is 0.266 e. The molecule has 0 spiro atoms. The van der Waals surface area contributed by atoms with Crippen molar-refractivity contribution in [1.29, 1.82) is 0 Å². The van der Waals surface area contributed by atoms with E-state index < -0.39 is 12.0 Å². The summed E-state index contributed by atoms with van der Waals surface area (Å²) in [6, 6.07) is 14.7. The van der Waals surface area contributed by atoms with Gasteiger partial charge < -0.3 is 0 Å². The fourth-order valence-corrected chi connectivity index (χ4v) is 4.29. The van der Waals surface area contributed by atoms with Gasteiger partial charge in [-0.15, -0.1) is 0 Å². The lowest BCUT2D eigenvalue weighted by Crippen LogP contribution is -2.41. The van der Waals surface area contributed by atoms with Crippen LogP contribution in [0, 0.1) is 18.8 Å². The summed E-state index contributed by atoms with van der Waals surface area (Å²) in [7, 11) is 0. The van der Waals surface area contributed by atoms with Crippen LogP contribution in [0.3, 0.4) is 0 Å². The lowest BCUT2D eigenvalue weighted by molar-refractivity contribution is -0.126. The summed E-state index contributed by atoms with van der Waals surface area (Å²) in [5.74, 6) is -0.728. The average molecular weight is 399 g/mol. The number of carbonyl (C=O) groups is 2. The molecule has 0 saturated carbocycles. The predicted molar refractivity (Wildman–Crippen MR) is 109 cm³/mol. The van der Waals surface area contributed by atoms with Crippen molar-refractivity contribution in [2.75, 3.05) is 9.96 Å². The number of imide groups is 1. The highest BCUT2D eigenvalue weighted by molar-refractivity contribution is 6.32. The van der Waals surface area contributed by atoms with Crippen molar-refractivity contribution in [3.05, 3.63) is 59.1 Å². The first-order valence-electron chi connectivity index (χ1n) is 9.54. The monoisotopic (exact) mass is 398 g/mol. The van der Waals surface area contributed by atoms with E-state index in [1.54, 1.807) is 23.3 Å². The highest BCUT2D eigenvalue weighted by Gasteiger charge is 2.59.